The average Bonchev–Trinajstić information content (AvgIpc) is 3.39. The summed E-state index contributed by atoms with van der Waals surface area (Å²) in [5, 5.41) is 9.86. The zero-order valence-corrected chi connectivity index (χ0v) is 20.5. The van der Waals surface area contributed by atoms with Crippen LogP contribution in [-0.4, -0.2) is 29.2 Å². The smallest absolute Gasteiger partial charge is 0.147 e. The summed E-state index contributed by atoms with van der Waals surface area (Å²) in [6, 6.07) is 15.5. The van der Waals surface area contributed by atoms with Crippen LogP contribution in [-0.2, 0) is 0 Å². The van der Waals surface area contributed by atoms with Crippen molar-refractivity contribution in [3.8, 4) is 5.69 Å². The molecule has 0 unspecified atom stereocenters. The molecule has 0 amide bonds. The summed E-state index contributed by atoms with van der Waals surface area (Å²) in [6.07, 6.45) is 5.59. The van der Waals surface area contributed by atoms with Crippen molar-refractivity contribution >= 4 is 27.6 Å². The van der Waals surface area contributed by atoms with E-state index in [9.17, 15) is 0 Å². The molecule has 0 saturated heterocycles. The van der Waals surface area contributed by atoms with Gasteiger partial charge in [0.15, 0.2) is 0 Å². The topological polar surface area (TPSA) is 41.9 Å². The minimum atomic E-state index is 0.874. The molecule has 2 aromatic heterocycles. The first-order chi connectivity index (χ1) is 16.0. The van der Waals surface area contributed by atoms with Gasteiger partial charge in [-0.15, -0.1) is 0 Å². The van der Waals surface area contributed by atoms with Crippen molar-refractivity contribution in [2.24, 2.45) is 5.92 Å². The van der Waals surface area contributed by atoms with Gasteiger partial charge in [0, 0.05) is 29.9 Å². The SMILES string of the molecule is Cc1cc(C)c(-n2c3ccccc3c3c(NCCNCC4CCCC4)cc(C)nc32)c(C)c1. The van der Waals surface area contributed by atoms with Crippen molar-refractivity contribution in [3.05, 3.63) is 64.8 Å². The Balaban J connectivity index is 1.54. The molecule has 4 aromatic rings. The molecule has 2 aromatic carbocycles. The fourth-order valence-electron chi connectivity index (χ4n) is 5.78. The highest BCUT2D eigenvalue weighted by molar-refractivity contribution is 6.13. The second kappa shape index (κ2) is 9.18. The number of hydrogen-bond donors (Lipinski definition) is 2. The van der Waals surface area contributed by atoms with E-state index in [1.54, 1.807) is 0 Å². The first kappa shape index (κ1) is 22.0. The maximum Gasteiger partial charge on any atom is 0.147 e. The number of benzene rings is 2. The van der Waals surface area contributed by atoms with E-state index in [-0.39, 0.29) is 0 Å². The summed E-state index contributed by atoms with van der Waals surface area (Å²) in [5.74, 6) is 0.874. The molecule has 172 valence electrons. The summed E-state index contributed by atoms with van der Waals surface area (Å²) in [4.78, 5) is 5.06. The second-order valence-corrected chi connectivity index (χ2v) is 9.89. The molecule has 2 N–H and O–H groups in total. The lowest BCUT2D eigenvalue weighted by atomic mass is 10.0. The molecular formula is C29H36N4. The lowest BCUT2D eigenvalue weighted by Gasteiger charge is -2.16. The highest BCUT2D eigenvalue weighted by Crippen LogP contribution is 2.37. The van der Waals surface area contributed by atoms with E-state index in [0.29, 0.717) is 0 Å². The van der Waals surface area contributed by atoms with E-state index in [0.717, 1.165) is 36.9 Å². The molecular weight excluding hydrogens is 404 g/mol. The molecule has 1 aliphatic carbocycles. The molecule has 1 saturated carbocycles. The molecule has 0 spiro atoms. The summed E-state index contributed by atoms with van der Waals surface area (Å²) in [6.45, 7) is 11.7. The van der Waals surface area contributed by atoms with E-state index >= 15 is 0 Å². The van der Waals surface area contributed by atoms with Gasteiger partial charge in [-0.1, -0.05) is 48.7 Å². The lowest BCUT2D eigenvalue weighted by molar-refractivity contribution is 0.496. The van der Waals surface area contributed by atoms with Crippen molar-refractivity contribution < 1.29 is 0 Å². The van der Waals surface area contributed by atoms with Crippen LogP contribution in [0, 0.1) is 33.6 Å². The van der Waals surface area contributed by atoms with Gasteiger partial charge in [0.25, 0.3) is 0 Å². The Bertz CT molecular complexity index is 1270. The quantitative estimate of drug-likeness (QED) is 0.318. The van der Waals surface area contributed by atoms with Gasteiger partial charge >= 0.3 is 0 Å². The second-order valence-electron chi connectivity index (χ2n) is 9.89. The van der Waals surface area contributed by atoms with Crippen LogP contribution >= 0.6 is 0 Å². The van der Waals surface area contributed by atoms with Crippen LogP contribution in [0.3, 0.4) is 0 Å². The Hall–Kier alpha value is -2.85. The third-order valence-electron chi connectivity index (χ3n) is 7.14. The molecule has 0 bridgehead atoms. The van der Waals surface area contributed by atoms with Crippen LogP contribution in [0.1, 0.15) is 48.1 Å². The van der Waals surface area contributed by atoms with Crippen LogP contribution < -0.4 is 10.6 Å². The number of aromatic nitrogens is 2. The molecule has 4 nitrogen and oxygen atoms in total. The summed E-state index contributed by atoms with van der Waals surface area (Å²) < 4.78 is 2.37. The van der Waals surface area contributed by atoms with Gasteiger partial charge < -0.3 is 10.6 Å². The van der Waals surface area contributed by atoms with Crippen molar-refractivity contribution in [1.29, 1.82) is 0 Å². The Kier molecular flexibility index (Phi) is 6.11. The highest BCUT2D eigenvalue weighted by atomic mass is 15.1. The van der Waals surface area contributed by atoms with Crippen LogP contribution in [0.4, 0.5) is 5.69 Å². The molecule has 5 rings (SSSR count). The minimum absolute atomic E-state index is 0.874. The lowest BCUT2D eigenvalue weighted by Crippen LogP contribution is -2.26. The van der Waals surface area contributed by atoms with Crippen LogP contribution in [0.15, 0.2) is 42.5 Å². The van der Waals surface area contributed by atoms with E-state index in [1.807, 2.05) is 0 Å². The average molecular weight is 441 g/mol. The molecule has 0 atom stereocenters. The van der Waals surface area contributed by atoms with Gasteiger partial charge in [0.2, 0.25) is 0 Å². The Morgan fingerprint density at radius 1 is 0.939 bits per heavy atom. The number of para-hydroxylation sites is 1. The number of pyridine rings is 1. The fourth-order valence-corrected chi connectivity index (χ4v) is 5.78. The molecule has 1 aliphatic rings. The Morgan fingerprint density at radius 3 is 2.42 bits per heavy atom. The predicted octanol–water partition coefficient (Wildman–Crippen LogP) is 6.60. The van der Waals surface area contributed by atoms with Crippen molar-refractivity contribution in [3.63, 3.8) is 0 Å². The summed E-state index contributed by atoms with van der Waals surface area (Å²) >= 11 is 0. The van der Waals surface area contributed by atoms with Crippen molar-refractivity contribution in [2.45, 2.75) is 53.4 Å². The van der Waals surface area contributed by atoms with Gasteiger partial charge in [-0.3, -0.25) is 4.57 Å². The van der Waals surface area contributed by atoms with E-state index < -0.39 is 0 Å². The normalized spacial score (nSPS) is 14.5. The van der Waals surface area contributed by atoms with Crippen LogP contribution in [0.25, 0.3) is 27.6 Å². The zero-order valence-electron chi connectivity index (χ0n) is 20.5. The van der Waals surface area contributed by atoms with Gasteiger partial charge in [0.05, 0.1) is 16.6 Å². The first-order valence-electron chi connectivity index (χ1n) is 12.5. The molecule has 0 radical (unpaired) electrons. The number of aryl methyl sites for hydroxylation is 4. The van der Waals surface area contributed by atoms with E-state index in [4.69, 9.17) is 4.98 Å². The van der Waals surface area contributed by atoms with Crippen LogP contribution in [0.2, 0.25) is 0 Å². The number of hydrogen-bond acceptors (Lipinski definition) is 3. The van der Waals surface area contributed by atoms with E-state index in [2.05, 4.69) is 85.4 Å². The highest BCUT2D eigenvalue weighted by Gasteiger charge is 2.19. The van der Waals surface area contributed by atoms with E-state index in [1.165, 1.54) is 70.0 Å². The number of nitrogens with zero attached hydrogens (tertiary/aromatic N) is 2. The first-order valence-corrected chi connectivity index (χ1v) is 12.5. The fraction of sp³-hybridized carbons (Fsp3) is 0.414. The largest absolute Gasteiger partial charge is 0.383 e. The number of fused-ring (bicyclic) bond motifs is 3. The number of rotatable bonds is 7. The van der Waals surface area contributed by atoms with Gasteiger partial charge in [-0.25, -0.2) is 4.98 Å². The van der Waals surface area contributed by atoms with Gasteiger partial charge in [0.1, 0.15) is 5.65 Å². The Morgan fingerprint density at radius 2 is 1.67 bits per heavy atom. The number of anilines is 1. The molecule has 1 fully saturated rings. The number of nitrogens with one attached hydrogen (secondary N) is 2. The Labute approximate surface area is 197 Å². The summed E-state index contributed by atoms with van der Waals surface area (Å²) in [5.41, 5.74) is 9.57. The van der Waals surface area contributed by atoms with Gasteiger partial charge in [-0.2, -0.15) is 0 Å². The third kappa shape index (κ3) is 4.24. The third-order valence-corrected chi connectivity index (χ3v) is 7.14. The monoisotopic (exact) mass is 440 g/mol. The minimum Gasteiger partial charge on any atom is -0.383 e. The van der Waals surface area contributed by atoms with Crippen LogP contribution in [0.5, 0.6) is 0 Å². The molecule has 0 aliphatic heterocycles. The van der Waals surface area contributed by atoms with Gasteiger partial charge in [-0.05, 0) is 76.3 Å². The van der Waals surface area contributed by atoms with Crippen molar-refractivity contribution in [2.75, 3.05) is 25.0 Å². The standard InChI is InChI=1S/C29H36N4/c1-19-15-20(2)28(21(3)16-19)33-26-12-8-7-11-24(26)27-25(17-22(4)32-29(27)33)31-14-13-30-18-23-9-5-6-10-23/h7-8,11-12,15-17,23,30H,5-6,9-10,13-14,18H2,1-4H3,(H,31,32). The summed E-state index contributed by atoms with van der Waals surface area (Å²) in [7, 11) is 0. The predicted molar refractivity (Wildman–Crippen MR) is 141 cm³/mol. The molecule has 2 heterocycles. The van der Waals surface area contributed by atoms with Crippen molar-refractivity contribution in [1.82, 2.24) is 14.9 Å². The molecule has 4 heteroatoms. The maximum absolute atomic E-state index is 5.06. The molecule has 33 heavy (non-hydrogen) atoms. The zero-order chi connectivity index (χ0) is 22.9. The maximum atomic E-state index is 5.06.